The first-order valence-electron chi connectivity index (χ1n) is 7.30. The zero-order chi connectivity index (χ0) is 16.3. The third kappa shape index (κ3) is 3.36. The predicted octanol–water partition coefficient (Wildman–Crippen LogP) is 1.91. The summed E-state index contributed by atoms with van der Waals surface area (Å²) in [4.78, 5) is 26.7. The van der Waals surface area contributed by atoms with Crippen LogP contribution < -0.4 is 4.90 Å². The Morgan fingerprint density at radius 3 is 2.82 bits per heavy atom. The van der Waals surface area contributed by atoms with E-state index < -0.39 is 4.92 Å². The van der Waals surface area contributed by atoms with Crippen molar-refractivity contribution < 1.29 is 14.5 Å². The van der Waals surface area contributed by atoms with E-state index in [-0.39, 0.29) is 17.7 Å². The summed E-state index contributed by atoms with van der Waals surface area (Å²) in [5, 5.41) is 11.2. The van der Waals surface area contributed by atoms with E-state index in [1.165, 1.54) is 6.07 Å². The van der Waals surface area contributed by atoms with Crippen LogP contribution in [0.1, 0.15) is 23.7 Å². The summed E-state index contributed by atoms with van der Waals surface area (Å²) in [5.74, 6) is -0.185. The average Bonchev–Trinajstić information content (AvgIpc) is 2.53. The van der Waals surface area contributed by atoms with Crippen molar-refractivity contribution >= 4 is 17.3 Å². The van der Waals surface area contributed by atoms with Gasteiger partial charge in [-0.25, -0.2) is 0 Å². The highest BCUT2D eigenvalue weighted by molar-refractivity contribution is 5.95. The van der Waals surface area contributed by atoms with Gasteiger partial charge in [0, 0.05) is 38.8 Å². The zero-order valence-electron chi connectivity index (χ0n) is 13.1. The first-order chi connectivity index (χ1) is 10.4. The molecule has 0 N–H and O–H groups in total. The van der Waals surface area contributed by atoms with Gasteiger partial charge in [0.2, 0.25) is 0 Å². The predicted molar refractivity (Wildman–Crippen MR) is 83.4 cm³/mol. The molecule has 1 aliphatic rings. The number of hydrogen-bond acceptors (Lipinski definition) is 5. The molecule has 7 nitrogen and oxygen atoms in total. The van der Waals surface area contributed by atoms with Gasteiger partial charge >= 0.3 is 0 Å². The maximum absolute atomic E-state index is 12.6. The summed E-state index contributed by atoms with van der Waals surface area (Å²) in [6, 6.07) is 4.61. The number of nitro benzene ring substituents is 1. The summed E-state index contributed by atoms with van der Waals surface area (Å²) >= 11 is 0. The number of nitro groups is 1. The van der Waals surface area contributed by atoms with Crippen LogP contribution in [0.4, 0.5) is 11.4 Å². The molecule has 2 rings (SSSR count). The van der Waals surface area contributed by atoms with Crippen LogP contribution in [0.5, 0.6) is 0 Å². The second kappa shape index (κ2) is 6.74. The van der Waals surface area contributed by atoms with E-state index in [2.05, 4.69) is 0 Å². The number of amides is 1. The highest BCUT2D eigenvalue weighted by Gasteiger charge is 2.26. The van der Waals surface area contributed by atoms with Gasteiger partial charge < -0.3 is 14.5 Å². The molecule has 1 aromatic carbocycles. The van der Waals surface area contributed by atoms with Crippen LogP contribution in [-0.4, -0.2) is 55.6 Å². The van der Waals surface area contributed by atoms with Crippen LogP contribution in [0.3, 0.4) is 0 Å². The largest absolute Gasteiger partial charge is 0.375 e. The Labute approximate surface area is 129 Å². The number of hydrogen-bond donors (Lipinski definition) is 0. The minimum atomic E-state index is -0.458. The monoisotopic (exact) mass is 307 g/mol. The van der Waals surface area contributed by atoms with Crippen molar-refractivity contribution in [2.45, 2.75) is 19.4 Å². The van der Waals surface area contributed by atoms with E-state index >= 15 is 0 Å². The first-order valence-corrected chi connectivity index (χ1v) is 7.30. The summed E-state index contributed by atoms with van der Waals surface area (Å²) in [6.07, 6.45) is 0.873. The molecular weight excluding hydrogens is 286 g/mol. The normalized spacial score (nSPS) is 18.1. The molecule has 22 heavy (non-hydrogen) atoms. The lowest BCUT2D eigenvalue weighted by atomic mass is 10.1. The Bertz CT molecular complexity index is 574. The van der Waals surface area contributed by atoms with Crippen LogP contribution in [0.15, 0.2) is 18.2 Å². The summed E-state index contributed by atoms with van der Waals surface area (Å²) in [5.41, 5.74) is 0.764. The van der Waals surface area contributed by atoms with E-state index in [0.717, 1.165) is 6.42 Å². The molecule has 0 unspecified atom stereocenters. The van der Waals surface area contributed by atoms with Gasteiger partial charge in [0.15, 0.2) is 0 Å². The lowest BCUT2D eigenvalue weighted by Crippen LogP contribution is -2.45. The third-order valence-corrected chi connectivity index (χ3v) is 3.78. The van der Waals surface area contributed by atoms with Gasteiger partial charge in [-0.15, -0.1) is 0 Å². The number of benzene rings is 1. The number of ether oxygens (including phenoxy) is 1. The molecule has 0 aromatic heterocycles. The van der Waals surface area contributed by atoms with Gasteiger partial charge in [-0.3, -0.25) is 14.9 Å². The van der Waals surface area contributed by atoms with Crippen molar-refractivity contribution in [2.24, 2.45) is 0 Å². The van der Waals surface area contributed by atoms with E-state index in [9.17, 15) is 14.9 Å². The Morgan fingerprint density at radius 1 is 1.50 bits per heavy atom. The smallest absolute Gasteiger partial charge is 0.293 e. The minimum Gasteiger partial charge on any atom is -0.375 e. The molecule has 1 saturated heterocycles. The lowest BCUT2D eigenvalue weighted by molar-refractivity contribution is -0.384. The van der Waals surface area contributed by atoms with Crippen molar-refractivity contribution in [2.75, 3.05) is 38.7 Å². The van der Waals surface area contributed by atoms with Crippen LogP contribution in [0.2, 0.25) is 0 Å². The van der Waals surface area contributed by atoms with Gasteiger partial charge in [0.05, 0.1) is 17.6 Å². The van der Waals surface area contributed by atoms with Crippen molar-refractivity contribution in [3.8, 4) is 0 Å². The van der Waals surface area contributed by atoms with E-state index in [1.807, 2.05) is 6.92 Å². The van der Waals surface area contributed by atoms with Gasteiger partial charge in [-0.05, 0) is 18.6 Å². The topological polar surface area (TPSA) is 75.9 Å². The molecule has 1 fully saturated rings. The second-order valence-electron chi connectivity index (χ2n) is 5.51. The molecule has 120 valence electrons. The summed E-state index contributed by atoms with van der Waals surface area (Å²) < 4.78 is 5.55. The van der Waals surface area contributed by atoms with E-state index in [1.54, 1.807) is 36.0 Å². The molecule has 0 spiro atoms. The average molecular weight is 307 g/mol. The Hall–Kier alpha value is -2.15. The highest BCUT2D eigenvalue weighted by atomic mass is 16.6. The van der Waals surface area contributed by atoms with Crippen LogP contribution in [0, 0.1) is 10.1 Å². The summed E-state index contributed by atoms with van der Waals surface area (Å²) in [6.45, 7) is 3.55. The molecule has 7 heteroatoms. The molecule has 0 saturated carbocycles. The Balaban J connectivity index is 2.26. The van der Waals surface area contributed by atoms with E-state index in [0.29, 0.717) is 30.9 Å². The molecule has 1 atom stereocenters. The van der Waals surface area contributed by atoms with Gasteiger partial charge in [0.25, 0.3) is 11.6 Å². The first kappa shape index (κ1) is 16.2. The SMILES string of the molecule is CC[C@@H]1CN(C(=O)c2ccc(N(C)C)c([N+](=O)[O-])c2)CCO1. The number of anilines is 1. The highest BCUT2D eigenvalue weighted by Crippen LogP contribution is 2.28. The third-order valence-electron chi connectivity index (χ3n) is 3.78. The van der Waals surface area contributed by atoms with Crippen molar-refractivity contribution in [1.82, 2.24) is 4.90 Å². The fourth-order valence-corrected chi connectivity index (χ4v) is 2.51. The zero-order valence-corrected chi connectivity index (χ0v) is 13.1. The fraction of sp³-hybridized carbons (Fsp3) is 0.533. The molecule has 1 aromatic rings. The Kier molecular flexibility index (Phi) is 4.97. The van der Waals surface area contributed by atoms with Gasteiger partial charge in [0.1, 0.15) is 5.69 Å². The van der Waals surface area contributed by atoms with Crippen LogP contribution in [0.25, 0.3) is 0 Å². The quantitative estimate of drug-likeness (QED) is 0.627. The maximum atomic E-state index is 12.6. The van der Waals surface area contributed by atoms with Crippen LogP contribution in [-0.2, 0) is 4.74 Å². The summed E-state index contributed by atoms with van der Waals surface area (Å²) in [7, 11) is 3.47. The molecule has 1 amide bonds. The molecule has 0 aliphatic carbocycles. The number of carbonyl (C=O) groups is 1. The molecule has 0 bridgehead atoms. The molecular formula is C15H21N3O4. The van der Waals surface area contributed by atoms with Crippen molar-refractivity contribution in [3.63, 3.8) is 0 Å². The van der Waals surface area contributed by atoms with Gasteiger partial charge in [-0.2, -0.15) is 0 Å². The maximum Gasteiger partial charge on any atom is 0.293 e. The standard InChI is InChI=1S/C15H21N3O4/c1-4-12-10-17(7-8-22-12)15(19)11-5-6-13(16(2)3)14(9-11)18(20)21/h5-6,9,12H,4,7-8,10H2,1-3H3/t12-/m1/s1. The number of morpholine rings is 1. The molecule has 1 heterocycles. The minimum absolute atomic E-state index is 0.0359. The van der Waals surface area contributed by atoms with Crippen LogP contribution >= 0.6 is 0 Å². The second-order valence-corrected chi connectivity index (χ2v) is 5.51. The number of nitrogens with zero attached hydrogens (tertiary/aromatic N) is 3. The number of rotatable bonds is 4. The lowest BCUT2D eigenvalue weighted by Gasteiger charge is -2.32. The molecule has 0 radical (unpaired) electrons. The van der Waals surface area contributed by atoms with Crippen molar-refractivity contribution in [1.29, 1.82) is 0 Å². The number of carbonyl (C=O) groups excluding carboxylic acids is 1. The fourth-order valence-electron chi connectivity index (χ4n) is 2.51. The molecule has 1 aliphatic heterocycles. The Morgan fingerprint density at radius 2 is 2.23 bits per heavy atom. The van der Waals surface area contributed by atoms with Crippen molar-refractivity contribution in [3.05, 3.63) is 33.9 Å². The van der Waals surface area contributed by atoms with Gasteiger partial charge in [-0.1, -0.05) is 6.92 Å². The van der Waals surface area contributed by atoms with E-state index in [4.69, 9.17) is 4.74 Å².